The van der Waals surface area contributed by atoms with Gasteiger partial charge in [0.2, 0.25) is 5.95 Å². The van der Waals surface area contributed by atoms with Crippen LogP contribution in [0.25, 0.3) is 0 Å². The molecule has 0 aliphatic carbocycles. The van der Waals surface area contributed by atoms with Gasteiger partial charge in [0.15, 0.2) is 0 Å². The molecule has 1 N–H and O–H groups in total. The summed E-state index contributed by atoms with van der Waals surface area (Å²) in [5.74, 6) is 0.816. The van der Waals surface area contributed by atoms with E-state index in [4.69, 9.17) is 0 Å². The van der Waals surface area contributed by atoms with Crippen molar-refractivity contribution in [1.82, 2.24) is 14.8 Å². The molecular formula is C10H10N4. The van der Waals surface area contributed by atoms with Gasteiger partial charge < -0.3 is 5.32 Å². The minimum absolute atomic E-state index is 0.303. The van der Waals surface area contributed by atoms with Gasteiger partial charge in [0.05, 0.1) is 6.04 Å². The highest BCUT2D eigenvalue weighted by atomic mass is 15.4. The molecule has 0 fully saturated rings. The largest absolute Gasteiger partial charge is 0.324 e. The average Bonchev–Trinajstić information content (AvgIpc) is 2.66. The molecule has 2 heterocycles. The maximum atomic E-state index is 4.01. The zero-order chi connectivity index (χ0) is 9.54. The van der Waals surface area contributed by atoms with E-state index in [1.54, 1.807) is 6.33 Å². The predicted octanol–water partition coefficient (Wildman–Crippen LogP) is 1.94. The third-order valence-electron chi connectivity index (χ3n) is 2.65. The fraction of sp³-hybridized carbons (Fsp3) is 0.200. The molecule has 1 aliphatic rings. The van der Waals surface area contributed by atoms with Gasteiger partial charge in [0.25, 0.3) is 0 Å². The Morgan fingerprint density at radius 3 is 3.14 bits per heavy atom. The van der Waals surface area contributed by atoms with E-state index < -0.39 is 0 Å². The molecule has 0 bridgehead atoms. The van der Waals surface area contributed by atoms with Crippen molar-refractivity contribution >= 4 is 11.6 Å². The number of hydrogen-bond acceptors (Lipinski definition) is 3. The Balaban J connectivity index is 2.20. The number of hydrogen-bond donors (Lipinski definition) is 1. The molecule has 0 unspecified atom stereocenters. The van der Waals surface area contributed by atoms with Crippen molar-refractivity contribution in [2.45, 2.75) is 13.0 Å². The van der Waals surface area contributed by atoms with Crippen LogP contribution < -0.4 is 5.32 Å². The lowest BCUT2D eigenvalue weighted by molar-refractivity contribution is 0.634. The standard InChI is InChI=1S/C10H10N4/c1-7-8-4-2-3-5-9(8)12-10-13-11-6-14(7)10/h2-7H,1H3,(H,12,13)/t7-/m1/s1. The van der Waals surface area contributed by atoms with Crippen molar-refractivity contribution < 1.29 is 0 Å². The number of benzene rings is 1. The molecule has 0 radical (unpaired) electrons. The van der Waals surface area contributed by atoms with Gasteiger partial charge in [-0.15, -0.1) is 10.2 Å². The number of nitrogens with zero attached hydrogens (tertiary/aromatic N) is 3. The number of rotatable bonds is 0. The maximum absolute atomic E-state index is 4.01. The zero-order valence-electron chi connectivity index (χ0n) is 7.81. The van der Waals surface area contributed by atoms with E-state index in [0.717, 1.165) is 11.6 Å². The Bertz CT molecular complexity index is 474. The third-order valence-corrected chi connectivity index (χ3v) is 2.65. The Labute approximate surface area is 81.6 Å². The number of fused-ring (bicyclic) bond motifs is 2. The number of anilines is 2. The van der Waals surface area contributed by atoms with Crippen LogP contribution in [0.4, 0.5) is 11.6 Å². The van der Waals surface area contributed by atoms with E-state index >= 15 is 0 Å². The summed E-state index contributed by atoms with van der Waals surface area (Å²) in [6.45, 7) is 2.15. The normalized spacial score (nSPS) is 18.2. The van der Waals surface area contributed by atoms with Crippen LogP contribution in [0.15, 0.2) is 30.6 Å². The summed E-state index contributed by atoms with van der Waals surface area (Å²) in [5.41, 5.74) is 2.40. The summed E-state index contributed by atoms with van der Waals surface area (Å²) in [6, 6.07) is 8.55. The SMILES string of the molecule is C[C@@H]1c2ccccc2Nc2nncn21. The second kappa shape index (κ2) is 2.57. The first kappa shape index (κ1) is 7.55. The maximum Gasteiger partial charge on any atom is 0.229 e. The van der Waals surface area contributed by atoms with Gasteiger partial charge in [-0.2, -0.15) is 0 Å². The molecule has 3 rings (SSSR count). The lowest BCUT2D eigenvalue weighted by Crippen LogP contribution is -2.16. The Hall–Kier alpha value is -1.84. The van der Waals surface area contributed by atoms with Crippen LogP contribution in [-0.4, -0.2) is 14.8 Å². The summed E-state index contributed by atoms with van der Waals surface area (Å²) >= 11 is 0. The molecule has 70 valence electrons. The van der Waals surface area contributed by atoms with Crippen LogP contribution in [0.5, 0.6) is 0 Å². The van der Waals surface area contributed by atoms with Crippen molar-refractivity contribution in [2.75, 3.05) is 5.32 Å². The smallest absolute Gasteiger partial charge is 0.229 e. The highest BCUT2D eigenvalue weighted by molar-refractivity contribution is 5.62. The molecule has 0 saturated heterocycles. The Morgan fingerprint density at radius 2 is 2.21 bits per heavy atom. The zero-order valence-corrected chi connectivity index (χ0v) is 7.81. The number of nitrogens with one attached hydrogen (secondary N) is 1. The molecule has 1 aromatic heterocycles. The Morgan fingerprint density at radius 1 is 1.36 bits per heavy atom. The first-order chi connectivity index (χ1) is 6.86. The van der Waals surface area contributed by atoms with Gasteiger partial charge in [-0.25, -0.2) is 0 Å². The van der Waals surface area contributed by atoms with Crippen LogP contribution >= 0.6 is 0 Å². The molecule has 2 aromatic rings. The topological polar surface area (TPSA) is 42.7 Å². The molecule has 1 aliphatic heterocycles. The summed E-state index contributed by atoms with van der Waals surface area (Å²) < 4.78 is 2.03. The van der Waals surface area contributed by atoms with E-state index in [1.165, 1.54) is 5.56 Å². The summed E-state index contributed by atoms with van der Waals surface area (Å²) in [4.78, 5) is 0. The van der Waals surface area contributed by atoms with E-state index in [0.29, 0.717) is 6.04 Å². The van der Waals surface area contributed by atoms with E-state index in [2.05, 4.69) is 34.6 Å². The van der Waals surface area contributed by atoms with E-state index in [1.807, 2.05) is 16.7 Å². The van der Waals surface area contributed by atoms with E-state index in [9.17, 15) is 0 Å². The highest BCUT2D eigenvalue weighted by Crippen LogP contribution is 2.33. The van der Waals surface area contributed by atoms with Crippen LogP contribution in [0.1, 0.15) is 18.5 Å². The molecular weight excluding hydrogens is 176 g/mol. The lowest BCUT2D eigenvalue weighted by Gasteiger charge is -2.24. The molecule has 0 amide bonds. The Kier molecular flexibility index (Phi) is 1.39. The van der Waals surface area contributed by atoms with Gasteiger partial charge in [0, 0.05) is 5.69 Å². The quantitative estimate of drug-likeness (QED) is 0.683. The molecule has 1 atom stereocenters. The van der Waals surface area contributed by atoms with Crippen molar-refractivity contribution in [3.63, 3.8) is 0 Å². The second-order valence-corrected chi connectivity index (χ2v) is 3.45. The molecule has 14 heavy (non-hydrogen) atoms. The second-order valence-electron chi connectivity index (χ2n) is 3.45. The molecule has 0 spiro atoms. The predicted molar refractivity (Wildman–Crippen MR) is 53.6 cm³/mol. The fourth-order valence-corrected chi connectivity index (χ4v) is 1.86. The van der Waals surface area contributed by atoms with Crippen LogP contribution in [0.2, 0.25) is 0 Å². The molecule has 4 nitrogen and oxygen atoms in total. The molecule has 0 saturated carbocycles. The van der Waals surface area contributed by atoms with Crippen LogP contribution in [-0.2, 0) is 0 Å². The van der Waals surface area contributed by atoms with Crippen molar-refractivity contribution in [1.29, 1.82) is 0 Å². The number of para-hydroxylation sites is 1. The van der Waals surface area contributed by atoms with Crippen LogP contribution in [0.3, 0.4) is 0 Å². The van der Waals surface area contributed by atoms with Gasteiger partial charge in [-0.1, -0.05) is 18.2 Å². The minimum atomic E-state index is 0.303. The lowest BCUT2D eigenvalue weighted by atomic mass is 10.0. The van der Waals surface area contributed by atoms with Gasteiger partial charge in [-0.05, 0) is 18.6 Å². The van der Waals surface area contributed by atoms with E-state index in [-0.39, 0.29) is 0 Å². The minimum Gasteiger partial charge on any atom is -0.324 e. The van der Waals surface area contributed by atoms with Gasteiger partial charge in [-0.3, -0.25) is 4.57 Å². The summed E-state index contributed by atoms with van der Waals surface area (Å²) in [5, 5.41) is 11.1. The van der Waals surface area contributed by atoms with Gasteiger partial charge in [0.1, 0.15) is 6.33 Å². The summed E-state index contributed by atoms with van der Waals surface area (Å²) in [7, 11) is 0. The monoisotopic (exact) mass is 186 g/mol. The van der Waals surface area contributed by atoms with Crippen molar-refractivity contribution in [3.8, 4) is 0 Å². The molecule has 1 aromatic carbocycles. The van der Waals surface area contributed by atoms with Crippen molar-refractivity contribution in [2.24, 2.45) is 0 Å². The highest BCUT2D eigenvalue weighted by Gasteiger charge is 2.21. The van der Waals surface area contributed by atoms with Crippen molar-refractivity contribution in [3.05, 3.63) is 36.2 Å². The first-order valence-electron chi connectivity index (χ1n) is 4.62. The third kappa shape index (κ3) is 0.878. The number of aromatic nitrogens is 3. The van der Waals surface area contributed by atoms with Crippen LogP contribution in [0, 0.1) is 0 Å². The fourth-order valence-electron chi connectivity index (χ4n) is 1.86. The molecule has 4 heteroatoms. The first-order valence-corrected chi connectivity index (χ1v) is 4.62. The summed E-state index contributed by atoms with van der Waals surface area (Å²) in [6.07, 6.45) is 1.75. The van der Waals surface area contributed by atoms with Gasteiger partial charge >= 0.3 is 0 Å². The average molecular weight is 186 g/mol.